The number of furan rings is 1. The van der Waals surface area contributed by atoms with Gasteiger partial charge in [0.05, 0.1) is 6.26 Å². The minimum absolute atomic E-state index is 0.164. The van der Waals surface area contributed by atoms with Gasteiger partial charge in [0.25, 0.3) is 0 Å². The third kappa shape index (κ3) is 1.00. The Morgan fingerprint density at radius 2 is 2.50 bits per heavy atom. The Morgan fingerprint density at radius 1 is 1.80 bits per heavy atom. The fourth-order valence-corrected chi connectivity index (χ4v) is 0.718. The van der Waals surface area contributed by atoms with E-state index in [9.17, 15) is 4.79 Å². The second-order valence-electron chi connectivity index (χ2n) is 2.00. The Hall–Kier alpha value is -1.31. The molecule has 1 rings (SSSR count). The maximum atomic E-state index is 10.9. The quantitative estimate of drug-likeness (QED) is 0.459. The number of ketones is 1. The third-order valence-corrected chi connectivity index (χ3v) is 1.27. The van der Waals surface area contributed by atoms with Crippen LogP contribution in [0.15, 0.2) is 29.4 Å². The first-order chi connectivity index (χ1) is 4.75. The standard InChI is InChI=1S/C8H8O2/c1-3-7(9)8-6(2)4-5-10-8/h3-5H,1H2,2H3. The van der Waals surface area contributed by atoms with E-state index in [-0.39, 0.29) is 5.78 Å². The molecule has 1 aromatic rings. The molecule has 0 bridgehead atoms. The molecular weight excluding hydrogens is 128 g/mol. The number of hydrogen-bond acceptors (Lipinski definition) is 2. The molecule has 0 atom stereocenters. The third-order valence-electron chi connectivity index (χ3n) is 1.27. The lowest BCUT2D eigenvalue weighted by Crippen LogP contribution is -1.92. The Kier molecular flexibility index (Phi) is 1.71. The van der Waals surface area contributed by atoms with Gasteiger partial charge in [0.2, 0.25) is 5.78 Å². The molecule has 0 amide bonds. The zero-order valence-corrected chi connectivity index (χ0v) is 5.76. The molecule has 0 N–H and O–H groups in total. The summed E-state index contributed by atoms with van der Waals surface area (Å²) in [5.41, 5.74) is 0.852. The van der Waals surface area contributed by atoms with E-state index in [1.54, 1.807) is 6.07 Å². The molecule has 0 fully saturated rings. The summed E-state index contributed by atoms with van der Waals surface area (Å²) < 4.78 is 4.90. The Balaban J connectivity index is 3.04. The van der Waals surface area contributed by atoms with E-state index >= 15 is 0 Å². The van der Waals surface area contributed by atoms with Crippen molar-refractivity contribution in [1.82, 2.24) is 0 Å². The average Bonchev–Trinajstić information content (AvgIpc) is 2.34. The lowest BCUT2D eigenvalue weighted by Gasteiger charge is -1.88. The van der Waals surface area contributed by atoms with Crippen molar-refractivity contribution in [3.05, 3.63) is 36.3 Å². The molecule has 0 spiro atoms. The molecule has 0 saturated carbocycles. The molecule has 0 aliphatic rings. The van der Waals surface area contributed by atoms with E-state index in [2.05, 4.69) is 6.58 Å². The van der Waals surface area contributed by atoms with Crippen molar-refractivity contribution in [3.63, 3.8) is 0 Å². The van der Waals surface area contributed by atoms with Crippen molar-refractivity contribution in [2.75, 3.05) is 0 Å². The minimum Gasteiger partial charge on any atom is -0.461 e. The van der Waals surface area contributed by atoms with Gasteiger partial charge in [0.1, 0.15) is 0 Å². The van der Waals surface area contributed by atoms with Crippen molar-refractivity contribution in [2.24, 2.45) is 0 Å². The average molecular weight is 136 g/mol. The first-order valence-corrected chi connectivity index (χ1v) is 2.96. The highest BCUT2D eigenvalue weighted by molar-refractivity contribution is 6.02. The predicted octanol–water partition coefficient (Wildman–Crippen LogP) is 1.96. The predicted molar refractivity (Wildman–Crippen MR) is 38.0 cm³/mol. The molecule has 0 radical (unpaired) electrons. The summed E-state index contributed by atoms with van der Waals surface area (Å²) >= 11 is 0. The van der Waals surface area contributed by atoms with Crippen LogP contribution in [0, 0.1) is 6.92 Å². The molecule has 10 heavy (non-hydrogen) atoms. The van der Waals surface area contributed by atoms with Crippen LogP contribution in [0.4, 0.5) is 0 Å². The molecule has 0 aliphatic heterocycles. The van der Waals surface area contributed by atoms with E-state index in [0.29, 0.717) is 5.76 Å². The lowest BCUT2D eigenvalue weighted by atomic mass is 10.2. The number of allylic oxidation sites excluding steroid dienone is 1. The lowest BCUT2D eigenvalue weighted by molar-refractivity contribution is 0.102. The van der Waals surface area contributed by atoms with Gasteiger partial charge in [-0.15, -0.1) is 0 Å². The van der Waals surface area contributed by atoms with Crippen molar-refractivity contribution in [3.8, 4) is 0 Å². The zero-order valence-electron chi connectivity index (χ0n) is 5.76. The van der Waals surface area contributed by atoms with Crippen LogP contribution in [-0.4, -0.2) is 5.78 Å². The fraction of sp³-hybridized carbons (Fsp3) is 0.125. The summed E-state index contributed by atoms with van der Waals surface area (Å²) in [5.74, 6) is 0.220. The molecule has 0 aliphatic carbocycles. The van der Waals surface area contributed by atoms with Gasteiger partial charge in [-0.1, -0.05) is 6.58 Å². The summed E-state index contributed by atoms with van der Waals surface area (Å²) in [4.78, 5) is 10.9. The molecule has 2 nitrogen and oxygen atoms in total. The van der Waals surface area contributed by atoms with Crippen LogP contribution in [0.5, 0.6) is 0 Å². The molecule has 52 valence electrons. The van der Waals surface area contributed by atoms with Crippen molar-refractivity contribution >= 4 is 5.78 Å². The number of carbonyl (C=O) groups is 1. The van der Waals surface area contributed by atoms with E-state index in [4.69, 9.17) is 4.42 Å². The summed E-state index contributed by atoms with van der Waals surface area (Å²) in [7, 11) is 0. The molecule has 0 aromatic carbocycles. The highest BCUT2D eigenvalue weighted by atomic mass is 16.3. The largest absolute Gasteiger partial charge is 0.461 e. The Labute approximate surface area is 59.2 Å². The van der Waals surface area contributed by atoms with Crippen molar-refractivity contribution in [2.45, 2.75) is 6.92 Å². The van der Waals surface area contributed by atoms with Gasteiger partial charge >= 0.3 is 0 Å². The van der Waals surface area contributed by atoms with Crippen LogP contribution in [-0.2, 0) is 0 Å². The van der Waals surface area contributed by atoms with E-state index < -0.39 is 0 Å². The van der Waals surface area contributed by atoms with Crippen LogP contribution in [0.25, 0.3) is 0 Å². The van der Waals surface area contributed by atoms with Gasteiger partial charge in [-0.3, -0.25) is 4.79 Å². The summed E-state index contributed by atoms with van der Waals surface area (Å²) in [5, 5.41) is 0. The Bertz CT molecular complexity index is 258. The highest BCUT2D eigenvalue weighted by Gasteiger charge is 2.06. The van der Waals surface area contributed by atoms with Gasteiger partial charge in [-0.25, -0.2) is 0 Å². The molecule has 1 aromatic heterocycles. The zero-order chi connectivity index (χ0) is 7.56. The first-order valence-electron chi connectivity index (χ1n) is 2.96. The van der Waals surface area contributed by atoms with Gasteiger partial charge in [0, 0.05) is 0 Å². The number of carbonyl (C=O) groups excluding carboxylic acids is 1. The van der Waals surface area contributed by atoms with Gasteiger partial charge in [0.15, 0.2) is 5.76 Å². The number of aryl methyl sites for hydroxylation is 1. The summed E-state index contributed by atoms with van der Waals surface area (Å²) in [6.07, 6.45) is 2.73. The molecule has 1 heterocycles. The first kappa shape index (κ1) is 6.81. The summed E-state index contributed by atoms with van der Waals surface area (Å²) in [6, 6.07) is 1.75. The second-order valence-corrected chi connectivity index (χ2v) is 2.00. The molecule has 0 saturated heterocycles. The maximum absolute atomic E-state index is 10.9. The SMILES string of the molecule is C=CC(=O)c1occc1C. The van der Waals surface area contributed by atoms with Crippen LogP contribution in [0.3, 0.4) is 0 Å². The van der Waals surface area contributed by atoms with Crippen molar-refractivity contribution in [1.29, 1.82) is 0 Å². The van der Waals surface area contributed by atoms with Crippen LogP contribution in [0.2, 0.25) is 0 Å². The number of rotatable bonds is 2. The minimum atomic E-state index is -0.164. The highest BCUT2D eigenvalue weighted by Crippen LogP contribution is 2.09. The van der Waals surface area contributed by atoms with Gasteiger partial charge in [-0.2, -0.15) is 0 Å². The van der Waals surface area contributed by atoms with E-state index in [0.717, 1.165) is 5.56 Å². The maximum Gasteiger partial charge on any atom is 0.220 e. The molecule has 2 heteroatoms. The van der Waals surface area contributed by atoms with E-state index in [1.165, 1.54) is 12.3 Å². The van der Waals surface area contributed by atoms with Gasteiger partial charge < -0.3 is 4.42 Å². The number of hydrogen-bond donors (Lipinski definition) is 0. The van der Waals surface area contributed by atoms with Crippen LogP contribution >= 0.6 is 0 Å². The normalized spacial score (nSPS) is 9.30. The second kappa shape index (κ2) is 2.52. The molecule has 0 unspecified atom stereocenters. The van der Waals surface area contributed by atoms with Crippen molar-refractivity contribution < 1.29 is 9.21 Å². The van der Waals surface area contributed by atoms with Crippen LogP contribution < -0.4 is 0 Å². The van der Waals surface area contributed by atoms with Crippen LogP contribution in [0.1, 0.15) is 16.1 Å². The van der Waals surface area contributed by atoms with E-state index in [1.807, 2.05) is 6.92 Å². The Morgan fingerprint density at radius 3 is 2.90 bits per heavy atom. The smallest absolute Gasteiger partial charge is 0.220 e. The fourth-order valence-electron chi connectivity index (χ4n) is 0.718. The molecular formula is C8H8O2. The van der Waals surface area contributed by atoms with Gasteiger partial charge in [-0.05, 0) is 24.6 Å². The summed E-state index contributed by atoms with van der Waals surface area (Å²) in [6.45, 7) is 5.17. The topological polar surface area (TPSA) is 30.2 Å². The monoisotopic (exact) mass is 136 g/mol.